The predicted octanol–water partition coefficient (Wildman–Crippen LogP) is 3.68. The Balaban J connectivity index is 1.99. The van der Waals surface area contributed by atoms with Crippen LogP contribution in [0.4, 0.5) is 17.5 Å². The number of aliphatic hydroxyl groups excluding tert-OH is 1. The lowest BCUT2D eigenvalue weighted by atomic mass is 10.2. The Kier molecular flexibility index (Phi) is 5.77. The third-order valence-electron chi connectivity index (χ3n) is 3.49. The van der Waals surface area contributed by atoms with Gasteiger partial charge in [-0.2, -0.15) is 4.98 Å². The molecule has 0 bridgehead atoms. The average Bonchev–Trinajstić information content (AvgIpc) is 2.64. The molecule has 7 heteroatoms. The van der Waals surface area contributed by atoms with E-state index in [1.54, 1.807) is 12.4 Å². The zero-order chi connectivity index (χ0) is 17.6. The second-order valence-corrected chi connectivity index (χ2v) is 6.69. The topological polar surface area (TPSA) is 83.0 Å². The summed E-state index contributed by atoms with van der Waals surface area (Å²) < 4.78 is 1.10. The molecule has 2 heterocycles. The van der Waals surface area contributed by atoms with Crippen molar-refractivity contribution in [3.05, 3.63) is 58.4 Å². The summed E-state index contributed by atoms with van der Waals surface area (Å²) in [4.78, 5) is 13.1. The van der Waals surface area contributed by atoms with E-state index < -0.39 is 0 Å². The molecule has 3 N–H and O–H groups in total. The number of benzene rings is 1. The standard InChI is InChI=1S/C18H18IN5O/c1-12(11-25)21-18-23-16(13-6-8-20-9-7-13)10-17(24-18)22-15-5-3-2-4-14(15)19/h2-10,12,25H,11H2,1H3,(H2,21,22,23,24)/t12-/m1/s1. The first-order valence-corrected chi connectivity index (χ1v) is 8.92. The van der Waals surface area contributed by atoms with Gasteiger partial charge in [-0.15, -0.1) is 0 Å². The van der Waals surface area contributed by atoms with E-state index >= 15 is 0 Å². The first-order valence-electron chi connectivity index (χ1n) is 7.84. The number of hydrogen-bond acceptors (Lipinski definition) is 6. The number of hydrogen-bond donors (Lipinski definition) is 3. The number of nitrogens with zero attached hydrogens (tertiary/aromatic N) is 3. The summed E-state index contributed by atoms with van der Waals surface area (Å²) in [5.41, 5.74) is 2.70. The van der Waals surface area contributed by atoms with E-state index in [0.717, 1.165) is 20.5 Å². The van der Waals surface area contributed by atoms with Crippen LogP contribution in [-0.4, -0.2) is 32.7 Å². The van der Waals surface area contributed by atoms with Crippen molar-refractivity contribution in [1.29, 1.82) is 0 Å². The molecule has 3 rings (SSSR count). The normalized spacial score (nSPS) is 11.8. The lowest BCUT2D eigenvalue weighted by Crippen LogP contribution is -2.21. The van der Waals surface area contributed by atoms with Crippen LogP contribution < -0.4 is 10.6 Å². The van der Waals surface area contributed by atoms with Crippen molar-refractivity contribution < 1.29 is 5.11 Å². The van der Waals surface area contributed by atoms with Gasteiger partial charge in [-0.25, -0.2) is 4.98 Å². The molecule has 0 aliphatic heterocycles. The van der Waals surface area contributed by atoms with E-state index in [9.17, 15) is 5.11 Å². The highest BCUT2D eigenvalue weighted by Gasteiger charge is 2.10. The van der Waals surface area contributed by atoms with Crippen molar-refractivity contribution in [2.75, 3.05) is 17.2 Å². The summed E-state index contributed by atoms with van der Waals surface area (Å²) in [5.74, 6) is 1.14. The van der Waals surface area contributed by atoms with Gasteiger partial charge in [0.15, 0.2) is 0 Å². The van der Waals surface area contributed by atoms with Gasteiger partial charge in [0, 0.05) is 33.6 Å². The second kappa shape index (κ2) is 8.21. The van der Waals surface area contributed by atoms with Crippen LogP contribution in [-0.2, 0) is 0 Å². The van der Waals surface area contributed by atoms with E-state index in [2.05, 4.69) is 48.2 Å². The maximum Gasteiger partial charge on any atom is 0.225 e. The van der Waals surface area contributed by atoms with Crippen molar-refractivity contribution in [2.45, 2.75) is 13.0 Å². The average molecular weight is 447 g/mol. The van der Waals surface area contributed by atoms with Crippen LogP contribution in [0.2, 0.25) is 0 Å². The maximum absolute atomic E-state index is 9.28. The fraction of sp³-hybridized carbons (Fsp3) is 0.167. The van der Waals surface area contributed by atoms with Crippen LogP contribution in [0.15, 0.2) is 54.9 Å². The molecule has 2 aromatic heterocycles. The molecule has 0 unspecified atom stereocenters. The summed E-state index contributed by atoms with van der Waals surface area (Å²) in [6.07, 6.45) is 3.46. The molecule has 6 nitrogen and oxygen atoms in total. The molecule has 0 amide bonds. The van der Waals surface area contributed by atoms with Crippen molar-refractivity contribution in [3.8, 4) is 11.3 Å². The molecular weight excluding hydrogens is 429 g/mol. The van der Waals surface area contributed by atoms with Crippen LogP contribution in [0.5, 0.6) is 0 Å². The highest BCUT2D eigenvalue weighted by atomic mass is 127. The van der Waals surface area contributed by atoms with Gasteiger partial charge in [0.1, 0.15) is 5.82 Å². The van der Waals surface area contributed by atoms with Gasteiger partial charge in [0.2, 0.25) is 5.95 Å². The molecule has 0 radical (unpaired) electrons. The van der Waals surface area contributed by atoms with E-state index in [1.165, 1.54) is 0 Å². The van der Waals surface area contributed by atoms with Crippen molar-refractivity contribution in [2.24, 2.45) is 0 Å². The zero-order valence-corrected chi connectivity index (χ0v) is 15.8. The number of aromatic nitrogens is 3. The Morgan fingerprint density at radius 3 is 2.60 bits per heavy atom. The third kappa shape index (κ3) is 4.64. The minimum absolute atomic E-state index is 0.00217. The number of halogens is 1. The lowest BCUT2D eigenvalue weighted by molar-refractivity contribution is 0.281. The number of nitrogens with one attached hydrogen (secondary N) is 2. The van der Waals surface area contributed by atoms with Gasteiger partial charge in [-0.05, 0) is 53.8 Å². The molecule has 128 valence electrons. The molecule has 1 atom stereocenters. The van der Waals surface area contributed by atoms with Gasteiger partial charge in [-0.1, -0.05) is 12.1 Å². The molecule has 0 aliphatic rings. The minimum Gasteiger partial charge on any atom is -0.394 e. The summed E-state index contributed by atoms with van der Waals surface area (Å²) in [6, 6.07) is 13.5. The first-order chi connectivity index (χ1) is 12.2. The monoisotopic (exact) mass is 447 g/mol. The van der Waals surface area contributed by atoms with Crippen LogP contribution in [0, 0.1) is 3.57 Å². The van der Waals surface area contributed by atoms with Gasteiger partial charge in [0.05, 0.1) is 18.0 Å². The largest absolute Gasteiger partial charge is 0.394 e. The van der Waals surface area contributed by atoms with Gasteiger partial charge in [-0.3, -0.25) is 4.98 Å². The highest BCUT2D eigenvalue weighted by molar-refractivity contribution is 14.1. The smallest absolute Gasteiger partial charge is 0.225 e. The molecular formula is C18H18IN5O. The lowest BCUT2D eigenvalue weighted by Gasteiger charge is -2.14. The molecule has 25 heavy (non-hydrogen) atoms. The Morgan fingerprint density at radius 2 is 1.88 bits per heavy atom. The Labute approximate surface area is 159 Å². The van der Waals surface area contributed by atoms with E-state index in [-0.39, 0.29) is 12.6 Å². The molecule has 3 aromatic rings. The quantitative estimate of drug-likeness (QED) is 0.501. The van der Waals surface area contributed by atoms with Gasteiger partial charge < -0.3 is 15.7 Å². The Hall–Kier alpha value is -2.26. The first kappa shape index (κ1) is 17.6. The van der Waals surface area contributed by atoms with Crippen LogP contribution in [0.25, 0.3) is 11.3 Å². The molecule has 0 fully saturated rings. The van der Waals surface area contributed by atoms with Crippen LogP contribution in [0.1, 0.15) is 6.92 Å². The third-order valence-corrected chi connectivity index (χ3v) is 4.43. The van der Waals surface area contributed by atoms with Crippen molar-refractivity contribution in [1.82, 2.24) is 15.0 Å². The summed E-state index contributed by atoms with van der Waals surface area (Å²) in [5, 5.41) is 15.7. The number of aliphatic hydroxyl groups is 1. The number of rotatable bonds is 6. The molecule has 0 aliphatic carbocycles. The fourth-order valence-corrected chi connectivity index (χ4v) is 2.74. The number of anilines is 3. The van der Waals surface area contributed by atoms with E-state index in [0.29, 0.717) is 11.8 Å². The number of pyridine rings is 1. The summed E-state index contributed by atoms with van der Waals surface area (Å²) >= 11 is 2.28. The molecule has 0 saturated heterocycles. The molecule has 0 saturated carbocycles. The van der Waals surface area contributed by atoms with E-state index in [1.807, 2.05) is 49.4 Å². The maximum atomic E-state index is 9.28. The molecule has 1 aromatic carbocycles. The Morgan fingerprint density at radius 1 is 1.12 bits per heavy atom. The number of para-hydroxylation sites is 1. The Bertz CT molecular complexity index is 844. The van der Waals surface area contributed by atoms with Crippen molar-refractivity contribution >= 4 is 40.0 Å². The summed E-state index contributed by atoms with van der Waals surface area (Å²) in [6.45, 7) is 1.87. The fourth-order valence-electron chi connectivity index (χ4n) is 2.21. The predicted molar refractivity (Wildman–Crippen MR) is 108 cm³/mol. The van der Waals surface area contributed by atoms with Gasteiger partial charge in [0.25, 0.3) is 0 Å². The van der Waals surface area contributed by atoms with E-state index in [4.69, 9.17) is 0 Å². The second-order valence-electron chi connectivity index (χ2n) is 5.53. The van der Waals surface area contributed by atoms with Crippen LogP contribution >= 0.6 is 22.6 Å². The summed E-state index contributed by atoms with van der Waals surface area (Å²) in [7, 11) is 0. The SMILES string of the molecule is C[C@H](CO)Nc1nc(Nc2ccccc2I)cc(-c2ccncc2)n1. The van der Waals surface area contributed by atoms with Crippen LogP contribution in [0.3, 0.4) is 0 Å². The van der Waals surface area contributed by atoms with Gasteiger partial charge >= 0.3 is 0 Å². The minimum atomic E-state index is -0.141. The highest BCUT2D eigenvalue weighted by Crippen LogP contribution is 2.25. The van der Waals surface area contributed by atoms with Crippen molar-refractivity contribution in [3.63, 3.8) is 0 Å². The zero-order valence-electron chi connectivity index (χ0n) is 13.6. The molecule has 0 spiro atoms.